The second-order valence-electron chi connectivity index (χ2n) is 8.67. The third kappa shape index (κ3) is 6.12. The molecule has 12 heteroatoms. The number of hydrogen-bond acceptors (Lipinski definition) is 10. The lowest BCUT2D eigenvalue weighted by Crippen LogP contribution is -2.38. The number of carbonyl (C=O) groups excluding carboxylic acids is 2. The fraction of sp³-hybridized carbons (Fsp3) is 0.321. The summed E-state index contributed by atoms with van der Waals surface area (Å²) in [6.45, 7) is 3.59. The van der Waals surface area contributed by atoms with E-state index < -0.39 is 11.9 Å². The molecule has 40 heavy (non-hydrogen) atoms. The average Bonchev–Trinajstić information content (AvgIpc) is 3.39. The molecule has 4 rings (SSSR count). The molecule has 0 spiro atoms. The summed E-state index contributed by atoms with van der Waals surface area (Å²) in [7, 11) is 6.22. The molecule has 0 radical (unpaired) electrons. The lowest BCUT2D eigenvalue weighted by atomic mass is 10.2. The van der Waals surface area contributed by atoms with Gasteiger partial charge in [-0.25, -0.2) is 4.79 Å². The van der Waals surface area contributed by atoms with Crippen molar-refractivity contribution in [3.63, 3.8) is 0 Å². The van der Waals surface area contributed by atoms with Crippen molar-refractivity contribution in [1.29, 1.82) is 0 Å². The van der Waals surface area contributed by atoms with E-state index in [1.54, 1.807) is 63.9 Å². The number of pyridine rings is 1. The summed E-state index contributed by atoms with van der Waals surface area (Å²) < 4.78 is 27.5. The molecule has 0 aliphatic carbocycles. The number of ether oxygens (including phenoxy) is 5. The molecule has 3 aromatic rings. The minimum Gasteiger partial charge on any atom is -0.494 e. The van der Waals surface area contributed by atoms with Crippen LogP contribution in [-0.2, 0) is 9.53 Å². The number of methoxy groups -OCH3 is 4. The van der Waals surface area contributed by atoms with Crippen LogP contribution in [0.4, 0.5) is 10.5 Å². The number of hydrogen-bond donors (Lipinski definition) is 3. The van der Waals surface area contributed by atoms with E-state index in [1.807, 2.05) is 11.8 Å². The first-order valence-electron chi connectivity index (χ1n) is 12.6. The van der Waals surface area contributed by atoms with Crippen molar-refractivity contribution in [2.45, 2.75) is 13.3 Å². The van der Waals surface area contributed by atoms with Gasteiger partial charge in [-0.05, 0) is 30.7 Å². The number of rotatable bonds is 11. The number of imide groups is 1. The number of allylic oxidation sites excluding steroid dienone is 1. The van der Waals surface area contributed by atoms with E-state index in [-0.39, 0.29) is 0 Å². The zero-order chi connectivity index (χ0) is 28.6. The number of benzene rings is 2. The Morgan fingerprint density at radius 2 is 1.73 bits per heavy atom. The van der Waals surface area contributed by atoms with E-state index in [9.17, 15) is 9.59 Å². The molecule has 0 bridgehead atoms. The molecular formula is C28H33N5O7. The SMILES string of the molecule is CCC1=C(C(=O)NC(=O)Nc2ccc(Oc3ccnc4cc(OC)c(OC)cc34)cc2OC)NCN1CCOC. The van der Waals surface area contributed by atoms with E-state index in [0.717, 1.165) is 11.1 Å². The van der Waals surface area contributed by atoms with Gasteiger partial charge in [-0.1, -0.05) is 6.92 Å². The Hall–Kier alpha value is -4.71. The van der Waals surface area contributed by atoms with Gasteiger partial charge in [0.2, 0.25) is 0 Å². The molecule has 1 aliphatic rings. The first-order chi connectivity index (χ1) is 19.4. The van der Waals surface area contributed by atoms with Crippen molar-refractivity contribution in [3.05, 3.63) is 54.0 Å². The van der Waals surface area contributed by atoms with Gasteiger partial charge in [0.15, 0.2) is 11.5 Å². The quantitative estimate of drug-likeness (QED) is 0.323. The van der Waals surface area contributed by atoms with Gasteiger partial charge in [-0.2, -0.15) is 0 Å². The normalized spacial score (nSPS) is 12.7. The maximum absolute atomic E-state index is 12.8. The monoisotopic (exact) mass is 551 g/mol. The Kier molecular flexibility index (Phi) is 9.12. The summed E-state index contributed by atoms with van der Waals surface area (Å²) in [5.74, 6) is 1.93. The molecule has 3 N–H and O–H groups in total. The number of aromatic nitrogens is 1. The Bertz CT molecular complexity index is 1430. The fourth-order valence-corrected chi connectivity index (χ4v) is 4.38. The second-order valence-corrected chi connectivity index (χ2v) is 8.67. The lowest BCUT2D eigenvalue weighted by Gasteiger charge is -2.19. The molecule has 0 fully saturated rings. The van der Waals surface area contributed by atoms with Crippen LogP contribution < -0.4 is 34.9 Å². The smallest absolute Gasteiger partial charge is 0.326 e. The minimum absolute atomic E-state index is 0.343. The molecule has 2 heterocycles. The summed E-state index contributed by atoms with van der Waals surface area (Å²) in [5, 5.41) is 8.83. The van der Waals surface area contributed by atoms with Crippen molar-refractivity contribution in [1.82, 2.24) is 20.5 Å². The number of nitrogens with zero attached hydrogens (tertiary/aromatic N) is 2. The maximum Gasteiger partial charge on any atom is 0.326 e. The number of nitrogens with one attached hydrogen (secondary N) is 3. The van der Waals surface area contributed by atoms with Gasteiger partial charge < -0.3 is 39.2 Å². The molecule has 212 valence electrons. The highest BCUT2D eigenvalue weighted by Gasteiger charge is 2.26. The molecule has 0 saturated carbocycles. The average molecular weight is 552 g/mol. The summed E-state index contributed by atoms with van der Waals surface area (Å²) in [6.07, 6.45) is 2.26. The Morgan fingerprint density at radius 1 is 0.975 bits per heavy atom. The topological polar surface area (TPSA) is 133 Å². The van der Waals surface area contributed by atoms with Crippen molar-refractivity contribution >= 4 is 28.5 Å². The highest BCUT2D eigenvalue weighted by molar-refractivity contribution is 6.08. The van der Waals surface area contributed by atoms with Crippen LogP contribution in [0.5, 0.6) is 28.7 Å². The second kappa shape index (κ2) is 12.9. The van der Waals surface area contributed by atoms with Crippen LogP contribution in [0.15, 0.2) is 54.0 Å². The Balaban J connectivity index is 1.48. The van der Waals surface area contributed by atoms with Gasteiger partial charge in [-0.15, -0.1) is 0 Å². The first kappa shape index (κ1) is 28.3. The maximum atomic E-state index is 12.8. The number of anilines is 1. The van der Waals surface area contributed by atoms with Crippen LogP contribution in [0.2, 0.25) is 0 Å². The van der Waals surface area contributed by atoms with Gasteiger partial charge in [0.1, 0.15) is 22.9 Å². The zero-order valence-electron chi connectivity index (χ0n) is 23.1. The highest BCUT2D eigenvalue weighted by atomic mass is 16.5. The van der Waals surface area contributed by atoms with E-state index in [4.69, 9.17) is 23.7 Å². The standard InChI is InChI=1S/C28H33N5O7/c1-6-21-26(30-16-33(21)11-12-36-2)27(34)32-28(35)31-19-8-7-17(13-23(19)37-3)40-22-9-10-29-20-15-25(39-5)24(38-4)14-18(20)22/h7-10,13-15,30H,6,11-12,16H2,1-5H3,(H2,31,32,34,35). The van der Waals surface area contributed by atoms with Crippen molar-refractivity contribution < 1.29 is 33.3 Å². The molecule has 2 aromatic carbocycles. The van der Waals surface area contributed by atoms with Crippen LogP contribution in [0, 0.1) is 0 Å². The number of urea groups is 1. The summed E-state index contributed by atoms with van der Waals surface area (Å²) in [6, 6.07) is 9.54. The predicted octanol–water partition coefficient (Wildman–Crippen LogP) is 3.83. The zero-order valence-corrected chi connectivity index (χ0v) is 23.1. The predicted molar refractivity (Wildman–Crippen MR) is 149 cm³/mol. The van der Waals surface area contributed by atoms with Gasteiger partial charge in [0, 0.05) is 43.1 Å². The largest absolute Gasteiger partial charge is 0.494 e. The fourth-order valence-electron chi connectivity index (χ4n) is 4.38. The lowest BCUT2D eigenvalue weighted by molar-refractivity contribution is -0.116. The van der Waals surface area contributed by atoms with E-state index in [0.29, 0.717) is 71.9 Å². The molecular weight excluding hydrogens is 518 g/mol. The summed E-state index contributed by atoms with van der Waals surface area (Å²) in [4.78, 5) is 31.9. The molecule has 1 aromatic heterocycles. The van der Waals surface area contributed by atoms with Gasteiger partial charge in [0.25, 0.3) is 5.91 Å². The van der Waals surface area contributed by atoms with Crippen LogP contribution in [0.1, 0.15) is 13.3 Å². The van der Waals surface area contributed by atoms with E-state index in [1.165, 1.54) is 7.11 Å². The highest BCUT2D eigenvalue weighted by Crippen LogP contribution is 2.38. The number of fused-ring (bicyclic) bond motifs is 1. The van der Waals surface area contributed by atoms with Gasteiger partial charge >= 0.3 is 6.03 Å². The molecule has 3 amide bonds. The molecule has 0 atom stereocenters. The van der Waals surface area contributed by atoms with Crippen LogP contribution >= 0.6 is 0 Å². The Morgan fingerprint density at radius 3 is 2.42 bits per heavy atom. The van der Waals surface area contributed by atoms with Crippen molar-refractivity contribution in [2.24, 2.45) is 0 Å². The first-order valence-corrected chi connectivity index (χ1v) is 12.6. The van der Waals surface area contributed by atoms with Crippen molar-refractivity contribution in [2.75, 3.05) is 53.6 Å². The van der Waals surface area contributed by atoms with Gasteiger partial charge in [-0.3, -0.25) is 15.1 Å². The van der Waals surface area contributed by atoms with Crippen LogP contribution in [-0.4, -0.2) is 70.1 Å². The minimum atomic E-state index is -0.696. The van der Waals surface area contributed by atoms with Crippen molar-refractivity contribution in [3.8, 4) is 28.7 Å². The molecule has 0 saturated heterocycles. The van der Waals surface area contributed by atoms with E-state index in [2.05, 4.69) is 20.9 Å². The van der Waals surface area contributed by atoms with Gasteiger partial charge in [0.05, 0.1) is 45.8 Å². The molecule has 12 nitrogen and oxygen atoms in total. The third-order valence-electron chi connectivity index (χ3n) is 6.33. The summed E-state index contributed by atoms with van der Waals surface area (Å²) >= 11 is 0. The third-order valence-corrected chi connectivity index (χ3v) is 6.33. The van der Waals surface area contributed by atoms with E-state index >= 15 is 0 Å². The number of amides is 3. The number of carbonyl (C=O) groups is 2. The van der Waals surface area contributed by atoms with Crippen LogP contribution in [0.25, 0.3) is 10.9 Å². The molecule has 0 unspecified atom stereocenters. The summed E-state index contributed by atoms with van der Waals surface area (Å²) in [5.41, 5.74) is 2.21. The Labute approximate surface area is 232 Å². The van der Waals surface area contributed by atoms with Crippen LogP contribution in [0.3, 0.4) is 0 Å². The molecule has 1 aliphatic heterocycles.